The van der Waals surface area contributed by atoms with Gasteiger partial charge in [0.2, 0.25) is 0 Å². The zero-order valence-electron chi connectivity index (χ0n) is 9.14. The molecule has 1 aromatic carbocycles. The molecule has 0 spiro atoms. The van der Waals surface area contributed by atoms with Gasteiger partial charge in [-0.15, -0.1) is 0 Å². The van der Waals surface area contributed by atoms with Crippen molar-refractivity contribution in [1.82, 2.24) is 9.55 Å². The molecule has 2 aromatic rings. The van der Waals surface area contributed by atoms with Crippen LogP contribution in [0.25, 0.3) is 5.69 Å². The minimum absolute atomic E-state index is 0.134. The molecule has 3 N–H and O–H groups in total. The summed E-state index contributed by atoms with van der Waals surface area (Å²) in [6.45, 7) is 2.06. The van der Waals surface area contributed by atoms with E-state index in [1.54, 1.807) is 6.33 Å². The molecule has 2 rings (SSSR count). The monoisotopic (exact) mass is 214 g/mol. The Hall–Kier alpha value is -2.10. The van der Waals surface area contributed by atoms with E-state index in [1.165, 1.54) is 5.56 Å². The summed E-state index contributed by atoms with van der Waals surface area (Å²) in [5, 5.41) is 7.22. The van der Waals surface area contributed by atoms with Crippen molar-refractivity contribution in [2.75, 3.05) is 0 Å². The Bertz CT molecular complexity index is 513. The molecule has 0 bridgehead atoms. The quantitative estimate of drug-likeness (QED) is 0.602. The predicted octanol–water partition coefficient (Wildman–Crippen LogP) is 1.66. The van der Waals surface area contributed by atoms with Crippen LogP contribution in [-0.2, 0) is 6.42 Å². The van der Waals surface area contributed by atoms with Crippen LogP contribution < -0.4 is 5.73 Å². The van der Waals surface area contributed by atoms with Crippen molar-refractivity contribution in [3.05, 3.63) is 48.0 Å². The summed E-state index contributed by atoms with van der Waals surface area (Å²) in [5.74, 6) is 0.134. The maximum absolute atomic E-state index is 7.22. The van der Waals surface area contributed by atoms with E-state index in [0.29, 0.717) is 6.42 Å². The number of imidazole rings is 1. The van der Waals surface area contributed by atoms with Crippen LogP contribution >= 0.6 is 0 Å². The van der Waals surface area contributed by atoms with Gasteiger partial charge in [-0.2, -0.15) is 0 Å². The van der Waals surface area contributed by atoms with Crippen molar-refractivity contribution in [3.8, 4) is 5.69 Å². The van der Waals surface area contributed by atoms with Gasteiger partial charge in [0.05, 0.1) is 17.9 Å². The first-order valence-electron chi connectivity index (χ1n) is 5.08. The lowest BCUT2D eigenvalue weighted by Crippen LogP contribution is -2.12. The molecule has 0 saturated heterocycles. The van der Waals surface area contributed by atoms with Gasteiger partial charge in [-0.25, -0.2) is 4.98 Å². The highest BCUT2D eigenvalue weighted by atomic mass is 15.0. The van der Waals surface area contributed by atoms with E-state index in [-0.39, 0.29) is 5.84 Å². The number of aromatic nitrogens is 2. The molecule has 16 heavy (non-hydrogen) atoms. The summed E-state index contributed by atoms with van der Waals surface area (Å²) in [6.07, 6.45) is 4.06. The fraction of sp³-hybridized carbons (Fsp3) is 0.167. The lowest BCUT2D eigenvalue weighted by molar-refractivity contribution is 1.04. The van der Waals surface area contributed by atoms with Crippen LogP contribution in [0.4, 0.5) is 0 Å². The Morgan fingerprint density at radius 3 is 2.88 bits per heavy atom. The third kappa shape index (κ3) is 2.11. The zero-order chi connectivity index (χ0) is 11.5. The highest BCUT2D eigenvalue weighted by Crippen LogP contribution is 2.13. The second-order valence-corrected chi connectivity index (χ2v) is 3.76. The van der Waals surface area contributed by atoms with E-state index in [4.69, 9.17) is 11.1 Å². The Balaban J connectivity index is 2.32. The Morgan fingerprint density at radius 1 is 1.44 bits per heavy atom. The number of hydrogen-bond donors (Lipinski definition) is 2. The topological polar surface area (TPSA) is 67.7 Å². The average Bonchev–Trinajstić information content (AvgIpc) is 2.66. The Morgan fingerprint density at radius 2 is 2.19 bits per heavy atom. The SMILES string of the molecule is Cc1ccccc1-n1cnc(CC(=N)N)c1. The molecule has 0 amide bonds. The summed E-state index contributed by atoms with van der Waals surface area (Å²) in [5.41, 5.74) is 8.44. The summed E-state index contributed by atoms with van der Waals surface area (Å²) >= 11 is 0. The highest BCUT2D eigenvalue weighted by molar-refractivity contribution is 5.78. The van der Waals surface area contributed by atoms with Crippen molar-refractivity contribution < 1.29 is 0 Å². The molecule has 4 nitrogen and oxygen atoms in total. The van der Waals surface area contributed by atoms with Gasteiger partial charge in [-0.1, -0.05) is 18.2 Å². The predicted molar refractivity (Wildman–Crippen MR) is 63.9 cm³/mol. The summed E-state index contributed by atoms with van der Waals surface area (Å²) in [6, 6.07) is 8.09. The van der Waals surface area contributed by atoms with Crippen LogP contribution in [0.1, 0.15) is 11.3 Å². The molecule has 0 unspecified atom stereocenters. The Labute approximate surface area is 94.2 Å². The van der Waals surface area contributed by atoms with E-state index < -0.39 is 0 Å². The van der Waals surface area contributed by atoms with Gasteiger partial charge in [-0.3, -0.25) is 5.41 Å². The summed E-state index contributed by atoms with van der Waals surface area (Å²) in [7, 11) is 0. The van der Waals surface area contributed by atoms with Crippen molar-refractivity contribution in [3.63, 3.8) is 0 Å². The lowest BCUT2D eigenvalue weighted by Gasteiger charge is -2.04. The number of nitrogens with zero attached hydrogens (tertiary/aromatic N) is 2. The minimum atomic E-state index is 0.134. The van der Waals surface area contributed by atoms with Gasteiger partial charge in [0, 0.05) is 18.3 Å². The average molecular weight is 214 g/mol. The number of nitrogens with two attached hydrogens (primary N) is 1. The van der Waals surface area contributed by atoms with Crippen LogP contribution in [0, 0.1) is 12.3 Å². The molecule has 0 aliphatic rings. The first-order valence-corrected chi connectivity index (χ1v) is 5.08. The molecule has 82 valence electrons. The van der Waals surface area contributed by atoms with Crippen molar-refractivity contribution >= 4 is 5.84 Å². The first kappa shape index (κ1) is 10.4. The van der Waals surface area contributed by atoms with E-state index in [0.717, 1.165) is 11.4 Å². The maximum atomic E-state index is 7.22. The van der Waals surface area contributed by atoms with Crippen LogP contribution in [0.3, 0.4) is 0 Å². The molecule has 0 atom stereocenters. The number of aryl methyl sites for hydroxylation is 1. The Kier molecular flexibility index (Phi) is 2.72. The van der Waals surface area contributed by atoms with Crippen molar-refractivity contribution in [2.24, 2.45) is 5.73 Å². The van der Waals surface area contributed by atoms with Gasteiger partial charge in [0.15, 0.2) is 0 Å². The van der Waals surface area contributed by atoms with Gasteiger partial charge >= 0.3 is 0 Å². The smallest absolute Gasteiger partial charge is 0.0995 e. The second kappa shape index (κ2) is 4.18. The van der Waals surface area contributed by atoms with E-state index >= 15 is 0 Å². The van der Waals surface area contributed by atoms with Crippen LogP contribution in [0.15, 0.2) is 36.8 Å². The molecule has 0 aliphatic heterocycles. The third-order valence-corrected chi connectivity index (χ3v) is 2.40. The van der Waals surface area contributed by atoms with E-state index in [2.05, 4.69) is 18.0 Å². The number of rotatable bonds is 3. The van der Waals surface area contributed by atoms with Crippen LogP contribution in [0.2, 0.25) is 0 Å². The molecule has 0 saturated carbocycles. The van der Waals surface area contributed by atoms with Crippen molar-refractivity contribution in [1.29, 1.82) is 5.41 Å². The third-order valence-electron chi connectivity index (χ3n) is 2.40. The standard InChI is InChI=1S/C12H14N4/c1-9-4-2-3-5-11(9)16-7-10(15-8-16)6-12(13)14/h2-5,7-8H,6H2,1H3,(H3,13,14). The van der Waals surface area contributed by atoms with Gasteiger partial charge in [0.25, 0.3) is 0 Å². The number of hydrogen-bond acceptors (Lipinski definition) is 2. The number of benzene rings is 1. The van der Waals surface area contributed by atoms with Gasteiger partial charge in [-0.05, 0) is 18.6 Å². The second-order valence-electron chi connectivity index (χ2n) is 3.76. The van der Waals surface area contributed by atoms with Crippen molar-refractivity contribution in [2.45, 2.75) is 13.3 Å². The zero-order valence-corrected chi connectivity index (χ0v) is 9.14. The van der Waals surface area contributed by atoms with Crippen LogP contribution in [-0.4, -0.2) is 15.4 Å². The maximum Gasteiger partial charge on any atom is 0.0995 e. The largest absolute Gasteiger partial charge is 0.387 e. The lowest BCUT2D eigenvalue weighted by atomic mass is 10.2. The van der Waals surface area contributed by atoms with Gasteiger partial charge < -0.3 is 10.3 Å². The first-order chi connectivity index (χ1) is 7.66. The highest BCUT2D eigenvalue weighted by Gasteiger charge is 2.03. The van der Waals surface area contributed by atoms with Crippen LogP contribution in [0.5, 0.6) is 0 Å². The molecule has 0 aliphatic carbocycles. The van der Waals surface area contributed by atoms with E-state index in [1.807, 2.05) is 29.0 Å². The number of para-hydroxylation sites is 1. The molecular weight excluding hydrogens is 200 g/mol. The summed E-state index contributed by atoms with van der Waals surface area (Å²) in [4.78, 5) is 4.22. The van der Waals surface area contributed by atoms with E-state index in [9.17, 15) is 0 Å². The normalized spacial score (nSPS) is 10.3. The summed E-state index contributed by atoms with van der Waals surface area (Å²) < 4.78 is 1.95. The molecule has 0 fully saturated rings. The fourth-order valence-corrected chi connectivity index (χ4v) is 1.63. The molecule has 4 heteroatoms. The van der Waals surface area contributed by atoms with Gasteiger partial charge in [0.1, 0.15) is 0 Å². The molecule has 1 heterocycles. The fourth-order valence-electron chi connectivity index (χ4n) is 1.63. The number of amidine groups is 1. The minimum Gasteiger partial charge on any atom is -0.387 e. The molecule has 0 radical (unpaired) electrons. The number of nitrogens with one attached hydrogen (secondary N) is 1. The molecule has 1 aromatic heterocycles. The molecular formula is C12H14N4.